The fourth-order valence-electron chi connectivity index (χ4n) is 2.68. The Morgan fingerprint density at radius 2 is 2.11 bits per heavy atom. The number of carbonyl (C=O) groups is 1. The van der Waals surface area contributed by atoms with E-state index in [-0.39, 0.29) is 5.91 Å². The molecule has 19 heavy (non-hydrogen) atoms. The lowest BCUT2D eigenvalue weighted by atomic mass is 10.0. The number of rotatable bonds is 4. The molecule has 1 aliphatic carbocycles. The summed E-state index contributed by atoms with van der Waals surface area (Å²) in [6, 6.07) is 2.41. The number of amides is 1. The summed E-state index contributed by atoms with van der Waals surface area (Å²) < 4.78 is 5.21. The van der Waals surface area contributed by atoms with Gasteiger partial charge in [-0.25, -0.2) is 0 Å². The second kappa shape index (κ2) is 5.37. The van der Waals surface area contributed by atoms with Crippen LogP contribution in [0.5, 0.6) is 0 Å². The van der Waals surface area contributed by atoms with Crippen LogP contribution in [0, 0.1) is 12.8 Å². The maximum atomic E-state index is 12.2. The van der Waals surface area contributed by atoms with E-state index in [0.717, 1.165) is 37.6 Å². The van der Waals surface area contributed by atoms with Gasteiger partial charge in [-0.05, 0) is 51.1 Å². The lowest BCUT2D eigenvalue weighted by Crippen LogP contribution is -2.45. The van der Waals surface area contributed by atoms with Gasteiger partial charge in [-0.2, -0.15) is 0 Å². The van der Waals surface area contributed by atoms with Gasteiger partial charge in [0.1, 0.15) is 12.0 Å². The first-order chi connectivity index (χ1) is 9.22. The topological polar surface area (TPSA) is 45.5 Å². The van der Waals surface area contributed by atoms with Crippen LogP contribution in [0.15, 0.2) is 16.7 Å². The number of hydrogen-bond acceptors (Lipinski definition) is 3. The standard InChI is InChI=1S/C15H22N2O2/c1-11-8-13(10-19-11)15(18)17-6-4-14(5-7-17)16-9-12-2-3-12/h8,10,12,14,16H,2-7,9H2,1H3. The lowest BCUT2D eigenvalue weighted by molar-refractivity contribution is 0.0704. The van der Waals surface area contributed by atoms with Crippen molar-refractivity contribution in [2.45, 2.75) is 38.6 Å². The zero-order valence-corrected chi connectivity index (χ0v) is 11.5. The van der Waals surface area contributed by atoms with E-state index in [1.165, 1.54) is 19.4 Å². The predicted molar refractivity (Wildman–Crippen MR) is 73.1 cm³/mol. The number of hydrogen-bond donors (Lipinski definition) is 1. The highest BCUT2D eigenvalue weighted by atomic mass is 16.3. The van der Waals surface area contributed by atoms with Gasteiger partial charge in [0.2, 0.25) is 0 Å². The van der Waals surface area contributed by atoms with E-state index >= 15 is 0 Å². The number of nitrogens with zero attached hydrogens (tertiary/aromatic N) is 1. The monoisotopic (exact) mass is 262 g/mol. The van der Waals surface area contributed by atoms with Gasteiger partial charge in [0.05, 0.1) is 5.56 Å². The third-order valence-corrected chi connectivity index (χ3v) is 4.15. The summed E-state index contributed by atoms with van der Waals surface area (Å²) in [5.74, 6) is 1.83. The van der Waals surface area contributed by atoms with Gasteiger partial charge >= 0.3 is 0 Å². The van der Waals surface area contributed by atoms with Gasteiger partial charge in [-0.3, -0.25) is 4.79 Å². The first-order valence-electron chi connectivity index (χ1n) is 7.30. The molecule has 1 aliphatic heterocycles. The van der Waals surface area contributed by atoms with E-state index in [1.54, 1.807) is 6.26 Å². The lowest BCUT2D eigenvalue weighted by Gasteiger charge is -2.32. The van der Waals surface area contributed by atoms with Crippen LogP contribution in [0.1, 0.15) is 41.8 Å². The van der Waals surface area contributed by atoms with E-state index in [4.69, 9.17) is 4.42 Å². The normalized spacial score (nSPS) is 20.8. The number of aryl methyl sites for hydroxylation is 1. The smallest absolute Gasteiger partial charge is 0.257 e. The molecule has 0 aromatic carbocycles. The van der Waals surface area contributed by atoms with Crippen LogP contribution in [0.25, 0.3) is 0 Å². The SMILES string of the molecule is Cc1cc(C(=O)N2CCC(NCC3CC3)CC2)co1. The van der Waals surface area contributed by atoms with Crippen LogP contribution in [0.4, 0.5) is 0 Å². The Morgan fingerprint density at radius 1 is 1.37 bits per heavy atom. The summed E-state index contributed by atoms with van der Waals surface area (Å²) in [6.07, 6.45) is 6.48. The van der Waals surface area contributed by atoms with E-state index in [2.05, 4.69) is 5.32 Å². The minimum Gasteiger partial charge on any atom is -0.469 e. The van der Waals surface area contributed by atoms with Gasteiger partial charge < -0.3 is 14.6 Å². The highest BCUT2D eigenvalue weighted by Gasteiger charge is 2.26. The minimum absolute atomic E-state index is 0.109. The summed E-state index contributed by atoms with van der Waals surface area (Å²) in [5.41, 5.74) is 0.682. The maximum Gasteiger partial charge on any atom is 0.257 e. The van der Waals surface area contributed by atoms with Crippen LogP contribution in [0.2, 0.25) is 0 Å². The van der Waals surface area contributed by atoms with Gasteiger partial charge in [-0.15, -0.1) is 0 Å². The fraction of sp³-hybridized carbons (Fsp3) is 0.667. The number of furan rings is 1. The van der Waals surface area contributed by atoms with Gasteiger partial charge in [0.15, 0.2) is 0 Å². The molecule has 104 valence electrons. The maximum absolute atomic E-state index is 12.2. The Morgan fingerprint density at radius 3 is 2.68 bits per heavy atom. The van der Waals surface area contributed by atoms with E-state index in [9.17, 15) is 4.79 Å². The van der Waals surface area contributed by atoms with Crippen molar-refractivity contribution < 1.29 is 9.21 Å². The quantitative estimate of drug-likeness (QED) is 0.904. The van der Waals surface area contributed by atoms with E-state index in [0.29, 0.717) is 11.6 Å². The molecule has 0 radical (unpaired) electrons. The zero-order valence-electron chi connectivity index (χ0n) is 11.5. The van der Waals surface area contributed by atoms with Crippen molar-refractivity contribution >= 4 is 5.91 Å². The molecule has 2 aliphatic rings. The average Bonchev–Trinajstić information content (AvgIpc) is 3.17. The Kier molecular flexibility index (Phi) is 3.60. The van der Waals surface area contributed by atoms with Gasteiger partial charge in [0.25, 0.3) is 5.91 Å². The van der Waals surface area contributed by atoms with Crippen LogP contribution >= 0.6 is 0 Å². The average molecular weight is 262 g/mol. The minimum atomic E-state index is 0.109. The van der Waals surface area contributed by atoms with Crippen LogP contribution in [0.3, 0.4) is 0 Å². The van der Waals surface area contributed by atoms with Crippen molar-refractivity contribution in [2.75, 3.05) is 19.6 Å². The molecule has 1 saturated heterocycles. The van der Waals surface area contributed by atoms with Crippen molar-refractivity contribution in [3.8, 4) is 0 Å². The second-order valence-electron chi connectivity index (χ2n) is 5.86. The molecule has 1 amide bonds. The third-order valence-electron chi connectivity index (χ3n) is 4.15. The molecule has 4 nitrogen and oxygen atoms in total. The number of likely N-dealkylation sites (tertiary alicyclic amines) is 1. The zero-order chi connectivity index (χ0) is 13.2. The summed E-state index contributed by atoms with van der Waals surface area (Å²) in [5, 5.41) is 3.63. The van der Waals surface area contributed by atoms with E-state index < -0.39 is 0 Å². The molecule has 1 saturated carbocycles. The fourth-order valence-corrected chi connectivity index (χ4v) is 2.68. The van der Waals surface area contributed by atoms with Crippen molar-refractivity contribution in [3.63, 3.8) is 0 Å². The molecule has 1 aromatic rings. The summed E-state index contributed by atoms with van der Waals surface area (Å²) in [6.45, 7) is 4.74. The Balaban J connectivity index is 1.47. The summed E-state index contributed by atoms with van der Waals surface area (Å²) >= 11 is 0. The molecule has 4 heteroatoms. The molecular weight excluding hydrogens is 240 g/mol. The Hall–Kier alpha value is -1.29. The van der Waals surface area contributed by atoms with Crippen molar-refractivity contribution in [2.24, 2.45) is 5.92 Å². The number of nitrogens with one attached hydrogen (secondary N) is 1. The highest BCUT2D eigenvalue weighted by Crippen LogP contribution is 2.28. The summed E-state index contributed by atoms with van der Waals surface area (Å²) in [7, 11) is 0. The largest absolute Gasteiger partial charge is 0.469 e. The number of carbonyl (C=O) groups excluding carboxylic acids is 1. The predicted octanol–water partition coefficient (Wildman–Crippen LogP) is 2.19. The second-order valence-corrected chi connectivity index (χ2v) is 5.86. The first-order valence-corrected chi connectivity index (χ1v) is 7.30. The number of piperidine rings is 1. The first kappa shape index (κ1) is 12.7. The van der Waals surface area contributed by atoms with Gasteiger partial charge in [0, 0.05) is 19.1 Å². The van der Waals surface area contributed by atoms with Crippen LogP contribution < -0.4 is 5.32 Å². The van der Waals surface area contributed by atoms with Crippen molar-refractivity contribution in [1.29, 1.82) is 0 Å². The molecule has 1 N–H and O–H groups in total. The molecule has 0 atom stereocenters. The highest BCUT2D eigenvalue weighted by molar-refractivity contribution is 5.94. The molecule has 2 heterocycles. The molecular formula is C15H22N2O2. The molecule has 0 spiro atoms. The van der Waals surface area contributed by atoms with Crippen LogP contribution in [-0.4, -0.2) is 36.5 Å². The van der Waals surface area contributed by atoms with Crippen molar-refractivity contribution in [3.05, 3.63) is 23.7 Å². The Labute approximate surface area is 114 Å². The van der Waals surface area contributed by atoms with Crippen LogP contribution in [-0.2, 0) is 0 Å². The summed E-state index contributed by atoms with van der Waals surface area (Å²) in [4.78, 5) is 14.2. The van der Waals surface area contributed by atoms with E-state index in [1.807, 2.05) is 17.9 Å². The molecule has 3 rings (SSSR count). The molecule has 1 aromatic heterocycles. The molecule has 0 unspecified atom stereocenters. The molecule has 2 fully saturated rings. The van der Waals surface area contributed by atoms with Gasteiger partial charge in [-0.1, -0.05) is 0 Å². The third kappa shape index (κ3) is 3.18. The Bertz CT molecular complexity index is 443. The van der Waals surface area contributed by atoms with Crippen molar-refractivity contribution in [1.82, 2.24) is 10.2 Å². The molecule has 0 bridgehead atoms.